The van der Waals surface area contributed by atoms with Gasteiger partial charge in [-0.05, 0) is 41.7 Å². The molecule has 2 aromatic heterocycles. The van der Waals surface area contributed by atoms with Crippen LogP contribution in [-0.4, -0.2) is 41.5 Å². The minimum Gasteiger partial charge on any atom is -0.465 e. The van der Waals surface area contributed by atoms with Gasteiger partial charge in [0.25, 0.3) is 0 Å². The third-order valence-electron chi connectivity index (χ3n) is 5.66. The van der Waals surface area contributed by atoms with Crippen molar-refractivity contribution < 1.29 is 9.90 Å². The molecule has 0 bridgehead atoms. The molecule has 2 aliphatic heterocycles. The van der Waals surface area contributed by atoms with Crippen molar-refractivity contribution in [1.29, 1.82) is 0 Å². The highest BCUT2D eigenvalue weighted by Crippen LogP contribution is 2.32. The van der Waals surface area contributed by atoms with E-state index in [9.17, 15) is 9.90 Å². The first-order valence-electron chi connectivity index (χ1n) is 9.83. The van der Waals surface area contributed by atoms with Gasteiger partial charge in [0.15, 0.2) is 0 Å². The van der Waals surface area contributed by atoms with Crippen LogP contribution < -0.4 is 0 Å². The molecule has 8 heteroatoms. The molecule has 7 nitrogen and oxygen atoms in total. The largest absolute Gasteiger partial charge is 0.465 e. The summed E-state index contributed by atoms with van der Waals surface area (Å²) in [5.74, 6) is 0.709. The smallest absolute Gasteiger partial charge is 0.407 e. The summed E-state index contributed by atoms with van der Waals surface area (Å²) in [5, 5.41) is 9.36. The van der Waals surface area contributed by atoms with Gasteiger partial charge in [0.05, 0.1) is 30.2 Å². The summed E-state index contributed by atoms with van der Waals surface area (Å²) in [7, 11) is 0. The average molecular weight is 466 g/mol. The fourth-order valence-electron chi connectivity index (χ4n) is 4.08. The zero-order valence-electron chi connectivity index (χ0n) is 16.1. The van der Waals surface area contributed by atoms with Crippen LogP contribution in [0.15, 0.2) is 48.9 Å². The topological polar surface area (TPSA) is 85.3 Å². The Morgan fingerprint density at radius 2 is 1.93 bits per heavy atom. The molecule has 0 unspecified atom stereocenters. The molecule has 5 rings (SSSR count). The van der Waals surface area contributed by atoms with Crippen molar-refractivity contribution in [3.8, 4) is 22.4 Å². The molecule has 3 aromatic rings. The Labute approximate surface area is 182 Å². The summed E-state index contributed by atoms with van der Waals surface area (Å²) in [5.41, 5.74) is 6.24. The normalized spacial score (nSPS) is 18.0. The number of amides is 1. The predicted octanol–water partition coefficient (Wildman–Crippen LogP) is 5.05. The molecule has 1 saturated heterocycles. The number of benzene rings is 1. The molecule has 1 aromatic carbocycles. The minimum absolute atomic E-state index is 0.194. The van der Waals surface area contributed by atoms with Crippen LogP contribution in [0, 0.1) is 0 Å². The van der Waals surface area contributed by atoms with Crippen LogP contribution in [0.5, 0.6) is 0 Å². The van der Waals surface area contributed by atoms with Gasteiger partial charge in [-0.1, -0.05) is 24.3 Å². The van der Waals surface area contributed by atoms with Crippen LogP contribution in [0.4, 0.5) is 4.79 Å². The zero-order chi connectivity index (χ0) is 20.7. The summed E-state index contributed by atoms with van der Waals surface area (Å²) in [6, 6.07) is 10.2. The van der Waals surface area contributed by atoms with Crippen LogP contribution in [-0.2, 0) is 6.54 Å². The highest BCUT2D eigenvalue weighted by atomic mass is 79.9. The lowest BCUT2D eigenvalue weighted by atomic mass is 10.0. The first-order valence-corrected chi connectivity index (χ1v) is 10.5. The standard InChI is InChI=1S/C22H20BrN5O2/c23-27-9-7-16-10-17(11-24-19(16)13-27)14-3-5-15(6-4-14)18-12-25-21(26-18)20-2-1-8-28(20)22(29)30/h3-7,9-12,20H,1-2,8,13H2,(H,25,26)(H,29,30)/t20-/m0/s1. The highest BCUT2D eigenvalue weighted by Gasteiger charge is 2.31. The van der Waals surface area contributed by atoms with Gasteiger partial charge in [-0.3, -0.25) is 9.88 Å². The summed E-state index contributed by atoms with van der Waals surface area (Å²) < 4.78 is 1.93. The number of aromatic nitrogens is 3. The van der Waals surface area contributed by atoms with Gasteiger partial charge in [-0.2, -0.15) is 0 Å². The third kappa shape index (κ3) is 3.47. The molecule has 2 N–H and O–H groups in total. The number of halogens is 1. The van der Waals surface area contributed by atoms with Crippen molar-refractivity contribution in [3.05, 3.63) is 66.0 Å². The third-order valence-corrected chi connectivity index (χ3v) is 6.15. The molecule has 2 aliphatic rings. The minimum atomic E-state index is -0.892. The van der Waals surface area contributed by atoms with E-state index in [-0.39, 0.29) is 6.04 Å². The van der Waals surface area contributed by atoms with Gasteiger partial charge in [0.1, 0.15) is 5.82 Å². The number of carboxylic acid groups (broad SMARTS) is 1. The maximum Gasteiger partial charge on any atom is 0.407 e. The van der Waals surface area contributed by atoms with E-state index in [0.29, 0.717) is 12.4 Å². The Kier molecular flexibility index (Phi) is 4.78. The number of nitrogens with zero attached hydrogens (tertiary/aromatic N) is 4. The number of pyridine rings is 1. The molecule has 1 amide bonds. The highest BCUT2D eigenvalue weighted by molar-refractivity contribution is 9.07. The van der Waals surface area contributed by atoms with Crippen molar-refractivity contribution in [2.75, 3.05) is 6.54 Å². The second kappa shape index (κ2) is 7.60. The number of H-pyrrole nitrogens is 1. The zero-order valence-corrected chi connectivity index (χ0v) is 17.7. The second-order valence-corrected chi connectivity index (χ2v) is 8.44. The molecule has 0 radical (unpaired) electrons. The number of rotatable bonds is 3. The van der Waals surface area contributed by atoms with Gasteiger partial charge >= 0.3 is 6.09 Å². The van der Waals surface area contributed by atoms with Gasteiger partial charge in [-0.25, -0.2) is 9.78 Å². The van der Waals surface area contributed by atoms with Crippen molar-refractivity contribution >= 4 is 28.3 Å². The molecule has 30 heavy (non-hydrogen) atoms. The van der Waals surface area contributed by atoms with E-state index >= 15 is 0 Å². The summed E-state index contributed by atoms with van der Waals surface area (Å²) in [6.07, 6.45) is 8.49. The van der Waals surface area contributed by atoms with Gasteiger partial charge < -0.3 is 14.0 Å². The van der Waals surface area contributed by atoms with E-state index in [1.165, 1.54) is 4.90 Å². The van der Waals surface area contributed by atoms with Crippen molar-refractivity contribution in [2.45, 2.75) is 25.4 Å². The van der Waals surface area contributed by atoms with E-state index in [1.807, 2.05) is 34.5 Å². The quantitative estimate of drug-likeness (QED) is 0.528. The van der Waals surface area contributed by atoms with E-state index < -0.39 is 6.09 Å². The van der Waals surface area contributed by atoms with Gasteiger partial charge in [0.2, 0.25) is 0 Å². The molecule has 0 saturated carbocycles. The van der Waals surface area contributed by atoms with E-state index in [4.69, 9.17) is 0 Å². The molecular formula is C22H20BrN5O2. The molecule has 0 spiro atoms. The fraction of sp³-hybridized carbons (Fsp3) is 0.227. The Balaban J connectivity index is 1.37. The number of hydrogen-bond donors (Lipinski definition) is 2. The van der Waals surface area contributed by atoms with Gasteiger partial charge in [-0.15, -0.1) is 0 Å². The number of likely N-dealkylation sites (tertiary alicyclic amines) is 1. The van der Waals surface area contributed by atoms with E-state index in [2.05, 4.69) is 49.3 Å². The molecule has 1 fully saturated rings. The molecule has 4 heterocycles. The number of imidazole rings is 1. The Morgan fingerprint density at radius 1 is 1.13 bits per heavy atom. The van der Waals surface area contributed by atoms with Crippen molar-refractivity contribution in [3.63, 3.8) is 0 Å². The molecule has 152 valence electrons. The number of fused-ring (bicyclic) bond motifs is 1. The lowest BCUT2D eigenvalue weighted by Gasteiger charge is -2.19. The van der Waals surface area contributed by atoms with Crippen LogP contribution in [0.25, 0.3) is 28.5 Å². The predicted molar refractivity (Wildman–Crippen MR) is 117 cm³/mol. The maximum absolute atomic E-state index is 11.4. The molecule has 0 aliphatic carbocycles. The summed E-state index contributed by atoms with van der Waals surface area (Å²) in [4.78, 5) is 25.2. The van der Waals surface area contributed by atoms with Crippen LogP contribution in [0.2, 0.25) is 0 Å². The number of carbonyl (C=O) groups is 1. The van der Waals surface area contributed by atoms with E-state index in [1.54, 1.807) is 6.20 Å². The van der Waals surface area contributed by atoms with Crippen molar-refractivity contribution in [2.24, 2.45) is 0 Å². The van der Waals surface area contributed by atoms with Crippen LogP contribution >= 0.6 is 16.1 Å². The monoisotopic (exact) mass is 465 g/mol. The first-order chi connectivity index (χ1) is 14.6. The fourth-order valence-corrected chi connectivity index (χ4v) is 4.43. The summed E-state index contributed by atoms with van der Waals surface area (Å²) >= 11 is 3.45. The SMILES string of the molecule is O=C(O)N1CCC[C@H]1c1ncc(-c2ccc(-c3cnc4c(c3)C=CN(Br)C4)cc2)[nH]1. The summed E-state index contributed by atoms with van der Waals surface area (Å²) in [6.45, 7) is 1.30. The van der Waals surface area contributed by atoms with Crippen LogP contribution in [0.1, 0.15) is 36.0 Å². The van der Waals surface area contributed by atoms with Crippen LogP contribution in [0.3, 0.4) is 0 Å². The lowest BCUT2D eigenvalue weighted by Crippen LogP contribution is -2.29. The van der Waals surface area contributed by atoms with Gasteiger partial charge in [0, 0.05) is 40.7 Å². The Hall–Kier alpha value is -3.13. The Bertz CT molecular complexity index is 1120. The van der Waals surface area contributed by atoms with E-state index in [0.717, 1.165) is 53.0 Å². The first kappa shape index (κ1) is 18.9. The van der Waals surface area contributed by atoms with Crippen molar-refractivity contribution in [1.82, 2.24) is 23.8 Å². The number of hydrogen-bond acceptors (Lipinski definition) is 4. The average Bonchev–Trinajstić information content (AvgIpc) is 3.43. The molecule has 1 atom stereocenters. The number of aromatic amines is 1. The maximum atomic E-state index is 11.4. The Morgan fingerprint density at radius 3 is 2.73 bits per heavy atom. The number of nitrogens with one attached hydrogen (secondary N) is 1. The lowest BCUT2D eigenvalue weighted by molar-refractivity contribution is 0.139. The second-order valence-electron chi connectivity index (χ2n) is 7.53. The molecular weight excluding hydrogens is 446 g/mol.